The summed E-state index contributed by atoms with van der Waals surface area (Å²) in [7, 11) is 0. The van der Waals surface area contributed by atoms with E-state index >= 15 is 0 Å². The molecule has 1 rings (SSSR count). The van der Waals surface area contributed by atoms with Gasteiger partial charge in [0, 0.05) is 17.5 Å². The molecule has 0 unspecified atom stereocenters. The van der Waals surface area contributed by atoms with Crippen LogP contribution in [-0.2, 0) is 0 Å². The molecule has 0 aliphatic rings. The molecule has 1 aromatic rings. The van der Waals surface area contributed by atoms with Crippen molar-refractivity contribution < 1.29 is 9.53 Å². The van der Waals surface area contributed by atoms with Crippen LogP contribution in [0.4, 0.5) is 0 Å². The van der Waals surface area contributed by atoms with Gasteiger partial charge >= 0.3 is 0 Å². The highest BCUT2D eigenvalue weighted by Crippen LogP contribution is 2.14. The van der Waals surface area contributed by atoms with E-state index in [9.17, 15) is 4.79 Å². The summed E-state index contributed by atoms with van der Waals surface area (Å²) in [6, 6.07) is 7.15. The van der Waals surface area contributed by atoms with Crippen LogP contribution in [0.2, 0.25) is 0 Å². The van der Waals surface area contributed by atoms with E-state index in [0.717, 1.165) is 16.9 Å². The van der Waals surface area contributed by atoms with Crippen LogP contribution in [0, 0.1) is 0 Å². The fourth-order valence-electron chi connectivity index (χ4n) is 1.17. The van der Waals surface area contributed by atoms with Crippen molar-refractivity contribution in [3.8, 4) is 5.75 Å². The molecule has 86 valence electrons. The van der Waals surface area contributed by atoms with Crippen LogP contribution in [0.3, 0.4) is 0 Å². The molecule has 0 saturated carbocycles. The zero-order valence-electron chi connectivity index (χ0n) is 9.50. The van der Waals surface area contributed by atoms with E-state index in [1.807, 2.05) is 13.8 Å². The van der Waals surface area contributed by atoms with Gasteiger partial charge in [0.25, 0.3) is 0 Å². The predicted molar refractivity (Wildman–Crippen MR) is 66.2 cm³/mol. The van der Waals surface area contributed by atoms with E-state index in [-0.39, 0.29) is 5.78 Å². The van der Waals surface area contributed by atoms with E-state index in [4.69, 9.17) is 16.3 Å². The third-order valence-electron chi connectivity index (χ3n) is 2.15. The van der Waals surface area contributed by atoms with Crippen LogP contribution in [0.1, 0.15) is 30.6 Å². The van der Waals surface area contributed by atoms with Crippen LogP contribution in [0.5, 0.6) is 5.75 Å². The smallest absolute Gasteiger partial charge is 0.162 e. The SMILES string of the molecule is CCC(=O)c1ccc(OC/C(C)=C/Cl)cc1. The zero-order chi connectivity index (χ0) is 12.0. The van der Waals surface area contributed by atoms with Crippen molar-refractivity contribution in [2.45, 2.75) is 20.3 Å². The zero-order valence-corrected chi connectivity index (χ0v) is 10.3. The Morgan fingerprint density at radius 2 is 2.00 bits per heavy atom. The van der Waals surface area contributed by atoms with Gasteiger partial charge in [-0.05, 0) is 36.8 Å². The number of halogens is 1. The molecule has 0 bridgehead atoms. The van der Waals surface area contributed by atoms with Crippen LogP contribution in [-0.4, -0.2) is 12.4 Å². The maximum Gasteiger partial charge on any atom is 0.162 e. The van der Waals surface area contributed by atoms with Crippen molar-refractivity contribution >= 4 is 17.4 Å². The minimum Gasteiger partial charge on any atom is -0.489 e. The van der Waals surface area contributed by atoms with Gasteiger partial charge in [-0.15, -0.1) is 0 Å². The molecule has 0 aliphatic carbocycles. The number of Topliss-reactive ketones (excluding diaryl/α,β-unsaturated/α-hetero) is 1. The number of hydrogen-bond donors (Lipinski definition) is 0. The molecule has 0 N–H and O–H groups in total. The lowest BCUT2D eigenvalue weighted by atomic mass is 10.1. The Bertz CT molecular complexity index is 379. The monoisotopic (exact) mass is 238 g/mol. The third-order valence-corrected chi connectivity index (χ3v) is 2.52. The second-order valence-corrected chi connectivity index (χ2v) is 3.76. The lowest BCUT2D eigenvalue weighted by Gasteiger charge is -2.06. The van der Waals surface area contributed by atoms with Crippen LogP contribution >= 0.6 is 11.6 Å². The number of rotatable bonds is 5. The predicted octanol–water partition coefficient (Wildman–Crippen LogP) is 3.80. The molecule has 0 aromatic heterocycles. The van der Waals surface area contributed by atoms with Gasteiger partial charge in [-0.25, -0.2) is 0 Å². The lowest BCUT2D eigenvalue weighted by Crippen LogP contribution is -1.99. The second-order valence-electron chi connectivity index (χ2n) is 3.55. The first-order chi connectivity index (χ1) is 7.67. The minimum absolute atomic E-state index is 0.142. The molecule has 0 radical (unpaired) electrons. The number of carbonyl (C=O) groups is 1. The molecule has 0 amide bonds. The molecule has 3 heteroatoms. The van der Waals surface area contributed by atoms with Crippen LogP contribution in [0.15, 0.2) is 35.4 Å². The number of carbonyl (C=O) groups excluding carboxylic acids is 1. The Balaban J connectivity index is 2.61. The van der Waals surface area contributed by atoms with E-state index in [0.29, 0.717) is 13.0 Å². The maximum atomic E-state index is 11.4. The minimum atomic E-state index is 0.142. The molecule has 0 heterocycles. The Hall–Kier alpha value is -1.28. The molecule has 1 aromatic carbocycles. The molecule has 0 aliphatic heterocycles. The Morgan fingerprint density at radius 1 is 1.38 bits per heavy atom. The summed E-state index contributed by atoms with van der Waals surface area (Å²) in [6.07, 6.45) is 0.522. The molecular weight excluding hydrogens is 224 g/mol. The van der Waals surface area contributed by atoms with Crippen molar-refractivity contribution in [3.05, 3.63) is 40.9 Å². The fraction of sp³-hybridized carbons (Fsp3) is 0.308. The first kappa shape index (κ1) is 12.8. The summed E-state index contributed by atoms with van der Waals surface area (Å²) < 4.78 is 5.46. The first-order valence-corrected chi connectivity index (χ1v) is 5.63. The third kappa shape index (κ3) is 3.70. The quantitative estimate of drug-likeness (QED) is 0.730. The van der Waals surface area contributed by atoms with E-state index in [2.05, 4.69) is 0 Å². The van der Waals surface area contributed by atoms with Crippen LogP contribution < -0.4 is 4.74 Å². The normalized spacial score (nSPS) is 11.3. The highest BCUT2D eigenvalue weighted by molar-refractivity contribution is 6.25. The van der Waals surface area contributed by atoms with E-state index in [1.165, 1.54) is 5.54 Å². The van der Waals surface area contributed by atoms with Gasteiger partial charge < -0.3 is 4.74 Å². The fourth-order valence-corrected chi connectivity index (χ4v) is 1.23. The van der Waals surface area contributed by atoms with E-state index in [1.54, 1.807) is 24.3 Å². The van der Waals surface area contributed by atoms with Crippen molar-refractivity contribution in [2.75, 3.05) is 6.61 Å². The molecule has 0 saturated heterocycles. The highest BCUT2D eigenvalue weighted by atomic mass is 35.5. The first-order valence-electron chi connectivity index (χ1n) is 5.19. The van der Waals surface area contributed by atoms with Gasteiger partial charge in [0.05, 0.1) is 0 Å². The highest BCUT2D eigenvalue weighted by Gasteiger charge is 2.02. The summed E-state index contributed by atoms with van der Waals surface area (Å²) in [5.41, 5.74) is 3.17. The standard InChI is InChI=1S/C13H15ClO2/c1-3-13(15)11-4-6-12(7-5-11)16-9-10(2)8-14/h4-8H,3,9H2,1-2H3/b10-8+. The topological polar surface area (TPSA) is 26.3 Å². The van der Waals surface area contributed by atoms with Gasteiger partial charge in [-0.2, -0.15) is 0 Å². The van der Waals surface area contributed by atoms with Gasteiger partial charge in [0.15, 0.2) is 5.78 Å². The van der Waals surface area contributed by atoms with Gasteiger partial charge in [-0.1, -0.05) is 18.5 Å². The van der Waals surface area contributed by atoms with Gasteiger partial charge in [0.1, 0.15) is 12.4 Å². The van der Waals surface area contributed by atoms with Crippen molar-refractivity contribution in [1.82, 2.24) is 0 Å². The Labute approximate surface area is 101 Å². The maximum absolute atomic E-state index is 11.4. The molecule has 0 fully saturated rings. The average Bonchev–Trinajstić information content (AvgIpc) is 2.35. The molecule has 2 nitrogen and oxygen atoms in total. The molecule has 16 heavy (non-hydrogen) atoms. The largest absolute Gasteiger partial charge is 0.489 e. The summed E-state index contributed by atoms with van der Waals surface area (Å²) >= 11 is 5.52. The average molecular weight is 239 g/mol. The summed E-state index contributed by atoms with van der Waals surface area (Å²) in [5.74, 6) is 0.883. The van der Waals surface area contributed by atoms with Crippen molar-refractivity contribution in [2.24, 2.45) is 0 Å². The Morgan fingerprint density at radius 3 is 2.50 bits per heavy atom. The van der Waals surface area contributed by atoms with E-state index < -0.39 is 0 Å². The van der Waals surface area contributed by atoms with Gasteiger partial charge in [0.2, 0.25) is 0 Å². The molecule has 0 atom stereocenters. The number of hydrogen-bond acceptors (Lipinski definition) is 2. The number of ether oxygens (including phenoxy) is 1. The van der Waals surface area contributed by atoms with Crippen molar-refractivity contribution in [3.63, 3.8) is 0 Å². The molecule has 0 spiro atoms. The summed E-state index contributed by atoms with van der Waals surface area (Å²) in [5, 5.41) is 0. The summed E-state index contributed by atoms with van der Waals surface area (Å²) in [4.78, 5) is 11.4. The van der Waals surface area contributed by atoms with Crippen LogP contribution in [0.25, 0.3) is 0 Å². The number of ketones is 1. The number of benzene rings is 1. The second kappa shape index (κ2) is 6.33. The summed E-state index contributed by atoms with van der Waals surface area (Å²) in [6.45, 7) is 4.20. The Kier molecular flexibility index (Phi) is 5.06. The lowest BCUT2D eigenvalue weighted by molar-refractivity contribution is 0.0988. The van der Waals surface area contributed by atoms with Crippen molar-refractivity contribution in [1.29, 1.82) is 0 Å². The molecular formula is C13H15ClO2. The van der Waals surface area contributed by atoms with Gasteiger partial charge in [-0.3, -0.25) is 4.79 Å².